The minimum Gasteiger partial charge on any atom is -0.494 e. The van der Waals surface area contributed by atoms with Crippen LogP contribution in [-0.2, 0) is 9.53 Å². The second kappa shape index (κ2) is 8.14. The number of unbranched alkanes of at least 4 members (excludes halogenated alkanes) is 5. The summed E-state index contributed by atoms with van der Waals surface area (Å²) in [6.07, 6.45) is 13.4. The highest BCUT2D eigenvalue weighted by Crippen LogP contribution is 2.10. The van der Waals surface area contributed by atoms with Crippen molar-refractivity contribution in [2.24, 2.45) is 0 Å². The van der Waals surface area contributed by atoms with Gasteiger partial charge in [-0.3, -0.25) is 4.79 Å². The molecule has 0 heterocycles. The van der Waals surface area contributed by atoms with Crippen LogP contribution in [0.5, 0.6) is 0 Å². The van der Waals surface area contributed by atoms with E-state index >= 15 is 0 Å². The van der Waals surface area contributed by atoms with E-state index < -0.39 is 0 Å². The summed E-state index contributed by atoms with van der Waals surface area (Å²) in [7, 11) is 0. The number of rotatable bonds is 8. The van der Waals surface area contributed by atoms with E-state index in [9.17, 15) is 4.79 Å². The van der Waals surface area contributed by atoms with Gasteiger partial charge < -0.3 is 4.74 Å². The van der Waals surface area contributed by atoms with Crippen LogP contribution in [0, 0.1) is 0 Å². The van der Waals surface area contributed by atoms with Crippen LogP contribution >= 0.6 is 0 Å². The van der Waals surface area contributed by atoms with Crippen molar-refractivity contribution < 1.29 is 9.53 Å². The molecule has 0 fully saturated rings. The highest BCUT2D eigenvalue weighted by molar-refractivity contribution is 5.92. The third kappa shape index (κ3) is 5.74. The van der Waals surface area contributed by atoms with Gasteiger partial charge in [-0.25, -0.2) is 0 Å². The Bertz CT molecular complexity index is 264. The van der Waals surface area contributed by atoms with E-state index in [1.165, 1.54) is 32.1 Å². The maximum absolute atomic E-state index is 10.9. The molecule has 0 aromatic heterocycles. The van der Waals surface area contributed by atoms with Crippen LogP contribution in [-0.4, -0.2) is 12.4 Å². The van der Waals surface area contributed by atoms with Crippen molar-refractivity contribution in [2.45, 2.75) is 51.9 Å². The molecule has 0 saturated heterocycles. The minimum atomic E-state index is 0.159. The van der Waals surface area contributed by atoms with E-state index in [2.05, 4.69) is 6.92 Å². The van der Waals surface area contributed by atoms with Gasteiger partial charge in [-0.05, 0) is 24.6 Å². The van der Waals surface area contributed by atoms with Gasteiger partial charge in [0, 0.05) is 6.42 Å². The fourth-order valence-electron chi connectivity index (χ4n) is 1.69. The van der Waals surface area contributed by atoms with Crippen molar-refractivity contribution in [2.75, 3.05) is 6.61 Å². The normalized spacial score (nSPS) is 15.1. The molecule has 0 amide bonds. The van der Waals surface area contributed by atoms with Crippen LogP contribution in [0.15, 0.2) is 24.0 Å². The lowest BCUT2D eigenvalue weighted by atomic mass is 10.1. The average molecular weight is 222 g/mol. The summed E-state index contributed by atoms with van der Waals surface area (Å²) in [4.78, 5) is 10.9. The molecular formula is C14H22O2. The molecule has 0 unspecified atom stereocenters. The molecule has 0 spiro atoms. The molecule has 90 valence electrons. The van der Waals surface area contributed by atoms with Crippen molar-refractivity contribution in [3.05, 3.63) is 24.0 Å². The van der Waals surface area contributed by atoms with E-state index in [4.69, 9.17) is 4.74 Å². The van der Waals surface area contributed by atoms with Crippen molar-refractivity contribution in [1.82, 2.24) is 0 Å². The summed E-state index contributed by atoms with van der Waals surface area (Å²) in [5, 5.41) is 0. The van der Waals surface area contributed by atoms with Gasteiger partial charge in [0.2, 0.25) is 0 Å². The number of hydrogen-bond acceptors (Lipinski definition) is 2. The van der Waals surface area contributed by atoms with Crippen LogP contribution < -0.4 is 0 Å². The van der Waals surface area contributed by atoms with E-state index in [1.54, 1.807) is 12.2 Å². The first-order chi connectivity index (χ1) is 7.83. The number of allylic oxidation sites excluding steroid dienone is 3. The first-order valence-electron chi connectivity index (χ1n) is 6.37. The zero-order valence-electron chi connectivity index (χ0n) is 10.2. The second-order valence-corrected chi connectivity index (χ2v) is 4.23. The predicted molar refractivity (Wildman–Crippen MR) is 66.2 cm³/mol. The first kappa shape index (κ1) is 13.0. The summed E-state index contributed by atoms with van der Waals surface area (Å²) in [5.41, 5.74) is 0. The summed E-state index contributed by atoms with van der Waals surface area (Å²) < 4.78 is 5.56. The Balaban J connectivity index is 1.95. The van der Waals surface area contributed by atoms with Gasteiger partial charge in [-0.1, -0.05) is 39.0 Å². The molecule has 2 heteroatoms. The zero-order valence-corrected chi connectivity index (χ0v) is 10.2. The van der Waals surface area contributed by atoms with Crippen LogP contribution in [0.25, 0.3) is 0 Å². The molecule has 16 heavy (non-hydrogen) atoms. The van der Waals surface area contributed by atoms with Crippen molar-refractivity contribution >= 4 is 5.78 Å². The van der Waals surface area contributed by atoms with E-state index in [0.717, 1.165) is 18.8 Å². The van der Waals surface area contributed by atoms with Crippen molar-refractivity contribution in [3.8, 4) is 0 Å². The fourth-order valence-corrected chi connectivity index (χ4v) is 1.69. The molecular weight excluding hydrogens is 200 g/mol. The summed E-state index contributed by atoms with van der Waals surface area (Å²) >= 11 is 0. The van der Waals surface area contributed by atoms with Gasteiger partial charge in [0.1, 0.15) is 5.76 Å². The lowest BCUT2D eigenvalue weighted by molar-refractivity contribution is -0.114. The Morgan fingerprint density at radius 3 is 2.56 bits per heavy atom. The van der Waals surface area contributed by atoms with E-state index in [1.807, 2.05) is 6.08 Å². The van der Waals surface area contributed by atoms with Gasteiger partial charge in [0.15, 0.2) is 5.78 Å². The van der Waals surface area contributed by atoms with E-state index in [-0.39, 0.29) is 5.78 Å². The largest absolute Gasteiger partial charge is 0.494 e. The number of ether oxygens (including phenoxy) is 1. The monoisotopic (exact) mass is 222 g/mol. The predicted octanol–water partition coefficient (Wildman–Crippen LogP) is 3.78. The minimum absolute atomic E-state index is 0.159. The molecule has 0 N–H and O–H groups in total. The Labute approximate surface area is 98.4 Å². The maximum atomic E-state index is 10.9. The lowest BCUT2D eigenvalue weighted by Gasteiger charge is -2.09. The molecule has 1 aliphatic rings. The molecule has 0 aromatic rings. The first-order valence-corrected chi connectivity index (χ1v) is 6.37. The Kier molecular flexibility index (Phi) is 6.62. The molecule has 1 rings (SSSR count). The molecule has 0 aliphatic heterocycles. The molecule has 1 aliphatic carbocycles. The molecule has 0 aromatic carbocycles. The molecule has 0 bridgehead atoms. The molecule has 0 atom stereocenters. The maximum Gasteiger partial charge on any atom is 0.159 e. The van der Waals surface area contributed by atoms with Gasteiger partial charge >= 0.3 is 0 Å². The zero-order chi connectivity index (χ0) is 11.6. The average Bonchev–Trinajstić information content (AvgIpc) is 2.30. The summed E-state index contributed by atoms with van der Waals surface area (Å²) in [6, 6.07) is 0. The van der Waals surface area contributed by atoms with Crippen LogP contribution in [0.2, 0.25) is 0 Å². The SMILES string of the molecule is CCCCCCCCOC1=CCC(=O)C=C1. The van der Waals surface area contributed by atoms with Gasteiger partial charge in [-0.15, -0.1) is 0 Å². The van der Waals surface area contributed by atoms with Crippen molar-refractivity contribution in [1.29, 1.82) is 0 Å². The van der Waals surface area contributed by atoms with Gasteiger partial charge in [0.05, 0.1) is 6.61 Å². The van der Waals surface area contributed by atoms with Gasteiger partial charge in [-0.2, -0.15) is 0 Å². The van der Waals surface area contributed by atoms with E-state index in [0.29, 0.717) is 6.42 Å². The number of ketones is 1. The van der Waals surface area contributed by atoms with Crippen LogP contribution in [0.3, 0.4) is 0 Å². The molecule has 0 saturated carbocycles. The van der Waals surface area contributed by atoms with Crippen molar-refractivity contribution in [3.63, 3.8) is 0 Å². The Morgan fingerprint density at radius 1 is 1.12 bits per heavy atom. The second-order valence-electron chi connectivity index (χ2n) is 4.23. The third-order valence-corrected chi connectivity index (χ3v) is 2.70. The van der Waals surface area contributed by atoms with Crippen LogP contribution in [0.1, 0.15) is 51.9 Å². The quantitative estimate of drug-likeness (QED) is 0.584. The summed E-state index contributed by atoms with van der Waals surface area (Å²) in [5.74, 6) is 1.01. The highest BCUT2D eigenvalue weighted by Gasteiger charge is 2.03. The smallest absolute Gasteiger partial charge is 0.159 e. The summed E-state index contributed by atoms with van der Waals surface area (Å²) in [6.45, 7) is 3.00. The topological polar surface area (TPSA) is 26.3 Å². The Hall–Kier alpha value is -1.05. The molecule has 2 nitrogen and oxygen atoms in total. The number of carbonyl (C=O) groups is 1. The lowest BCUT2D eigenvalue weighted by Crippen LogP contribution is -2.00. The molecule has 0 radical (unpaired) electrons. The van der Waals surface area contributed by atoms with Gasteiger partial charge in [0.25, 0.3) is 0 Å². The number of carbonyl (C=O) groups excluding carboxylic acids is 1. The number of hydrogen-bond donors (Lipinski definition) is 0. The Morgan fingerprint density at radius 2 is 1.88 bits per heavy atom. The standard InChI is InChI=1S/C14H22O2/c1-2-3-4-5-6-7-12-16-14-10-8-13(15)9-11-14/h8,10-11H,2-7,9,12H2,1H3. The highest BCUT2D eigenvalue weighted by atomic mass is 16.5. The fraction of sp³-hybridized carbons (Fsp3) is 0.643. The van der Waals surface area contributed by atoms with Crippen LogP contribution in [0.4, 0.5) is 0 Å². The third-order valence-electron chi connectivity index (χ3n) is 2.70.